The SMILES string of the molecule is CCCCn1c(=NC(=O)c2ccccc2F)c(C#N)cc2c(=O)n3cccc(C)c3nc21. The number of aromatic nitrogens is 3. The van der Waals surface area contributed by atoms with Crippen LogP contribution >= 0.6 is 0 Å². The molecule has 0 atom stereocenters. The van der Waals surface area contributed by atoms with Crippen LogP contribution in [-0.2, 0) is 6.54 Å². The van der Waals surface area contributed by atoms with E-state index in [2.05, 4.69) is 4.99 Å². The predicted octanol–water partition coefficient (Wildman–Crippen LogP) is 3.51. The summed E-state index contributed by atoms with van der Waals surface area (Å²) in [6.45, 7) is 4.24. The highest BCUT2D eigenvalue weighted by Gasteiger charge is 2.17. The summed E-state index contributed by atoms with van der Waals surface area (Å²) in [4.78, 5) is 34.8. The van der Waals surface area contributed by atoms with Crippen LogP contribution in [0.15, 0.2) is 58.4 Å². The maximum absolute atomic E-state index is 14.1. The van der Waals surface area contributed by atoms with Gasteiger partial charge in [0.25, 0.3) is 11.5 Å². The average molecular weight is 429 g/mol. The number of benzene rings is 1. The van der Waals surface area contributed by atoms with E-state index in [0.717, 1.165) is 12.0 Å². The third-order valence-electron chi connectivity index (χ3n) is 5.27. The highest BCUT2D eigenvalue weighted by atomic mass is 19.1. The summed E-state index contributed by atoms with van der Waals surface area (Å²) < 4.78 is 17.2. The van der Waals surface area contributed by atoms with Gasteiger partial charge in [0.15, 0.2) is 5.49 Å². The summed E-state index contributed by atoms with van der Waals surface area (Å²) >= 11 is 0. The summed E-state index contributed by atoms with van der Waals surface area (Å²) in [6, 6.07) is 12.6. The van der Waals surface area contributed by atoms with Crippen molar-refractivity contribution in [3.63, 3.8) is 0 Å². The molecule has 8 heteroatoms. The molecule has 0 aliphatic heterocycles. The van der Waals surface area contributed by atoms with Crippen molar-refractivity contribution in [2.45, 2.75) is 33.2 Å². The number of amides is 1. The van der Waals surface area contributed by atoms with E-state index in [9.17, 15) is 19.2 Å². The summed E-state index contributed by atoms with van der Waals surface area (Å²) in [7, 11) is 0. The Morgan fingerprint density at radius 2 is 2.00 bits per heavy atom. The molecule has 0 unspecified atom stereocenters. The number of aryl methyl sites for hydroxylation is 2. The fraction of sp³-hybridized carbons (Fsp3) is 0.208. The van der Waals surface area contributed by atoms with Crippen LogP contribution in [-0.4, -0.2) is 19.9 Å². The number of fused-ring (bicyclic) bond motifs is 2. The van der Waals surface area contributed by atoms with E-state index >= 15 is 0 Å². The molecule has 0 radical (unpaired) electrons. The fourth-order valence-corrected chi connectivity index (χ4v) is 3.61. The average Bonchev–Trinajstić information content (AvgIpc) is 2.79. The highest BCUT2D eigenvalue weighted by Crippen LogP contribution is 2.14. The van der Waals surface area contributed by atoms with Crippen molar-refractivity contribution in [2.75, 3.05) is 0 Å². The Morgan fingerprint density at radius 1 is 1.22 bits per heavy atom. The van der Waals surface area contributed by atoms with E-state index < -0.39 is 11.7 Å². The molecule has 0 fully saturated rings. The van der Waals surface area contributed by atoms with Gasteiger partial charge in [0.2, 0.25) is 0 Å². The molecule has 0 N–H and O–H groups in total. The van der Waals surface area contributed by atoms with Gasteiger partial charge in [-0.05, 0) is 43.2 Å². The van der Waals surface area contributed by atoms with Crippen molar-refractivity contribution < 1.29 is 9.18 Å². The minimum absolute atomic E-state index is 0.0461. The fourth-order valence-electron chi connectivity index (χ4n) is 3.61. The van der Waals surface area contributed by atoms with Gasteiger partial charge in [-0.1, -0.05) is 31.5 Å². The van der Waals surface area contributed by atoms with Crippen molar-refractivity contribution >= 4 is 22.6 Å². The van der Waals surface area contributed by atoms with Crippen LogP contribution in [0.2, 0.25) is 0 Å². The van der Waals surface area contributed by atoms with Crippen molar-refractivity contribution in [1.82, 2.24) is 14.0 Å². The number of hydrogen-bond donors (Lipinski definition) is 0. The lowest BCUT2D eigenvalue weighted by molar-refractivity contribution is 0.0993. The van der Waals surface area contributed by atoms with Gasteiger partial charge in [0.05, 0.1) is 16.5 Å². The molecule has 0 aliphatic rings. The molecule has 0 aliphatic carbocycles. The monoisotopic (exact) mass is 429 g/mol. The van der Waals surface area contributed by atoms with E-state index in [0.29, 0.717) is 24.3 Å². The number of carbonyl (C=O) groups excluding carboxylic acids is 1. The second-order valence-electron chi connectivity index (χ2n) is 7.43. The first kappa shape index (κ1) is 21.1. The van der Waals surface area contributed by atoms with Crippen molar-refractivity contribution in [1.29, 1.82) is 5.26 Å². The van der Waals surface area contributed by atoms with E-state index in [1.165, 1.54) is 28.7 Å². The Kier molecular flexibility index (Phi) is 5.65. The molecule has 0 bridgehead atoms. The molecule has 1 amide bonds. The smallest absolute Gasteiger partial charge is 0.281 e. The maximum Gasteiger partial charge on any atom is 0.281 e. The second kappa shape index (κ2) is 8.55. The predicted molar refractivity (Wildman–Crippen MR) is 118 cm³/mol. The second-order valence-corrected chi connectivity index (χ2v) is 7.43. The first-order chi connectivity index (χ1) is 15.5. The Hall–Kier alpha value is -4.12. The normalized spacial score (nSPS) is 11.8. The number of nitrogens with zero attached hydrogens (tertiary/aromatic N) is 5. The van der Waals surface area contributed by atoms with Crippen LogP contribution in [0, 0.1) is 24.1 Å². The standard InChI is InChI=1S/C24H20FN5O2/c1-3-4-11-29-21(28-23(31)17-9-5-6-10-19(17)25)16(14-26)13-18-22(29)27-20-15(2)8-7-12-30(20)24(18)32/h5-10,12-13H,3-4,11H2,1-2H3. The number of carbonyl (C=O) groups is 1. The molecule has 7 nitrogen and oxygen atoms in total. The minimum atomic E-state index is -0.808. The van der Waals surface area contributed by atoms with E-state index in [1.807, 2.05) is 26.0 Å². The largest absolute Gasteiger partial charge is 0.309 e. The van der Waals surface area contributed by atoms with Gasteiger partial charge in [-0.3, -0.25) is 14.0 Å². The quantitative estimate of drug-likeness (QED) is 0.464. The number of unbranched alkanes of at least 4 members (excludes halogenated alkanes) is 1. The third kappa shape index (κ3) is 3.58. The van der Waals surface area contributed by atoms with Gasteiger partial charge in [-0.15, -0.1) is 0 Å². The molecule has 0 saturated heterocycles. The van der Waals surface area contributed by atoms with Gasteiger partial charge in [0, 0.05) is 12.7 Å². The maximum atomic E-state index is 14.1. The Balaban J connectivity index is 2.12. The lowest BCUT2D eigenvalue weighted by Crippen LogP contribution is -2.30. The molecule has 3 aromatic heterocycles. The van der Waals surface area contributed by atoms with Crippen LogP contribution < -0.4 is 11.0 Å². The van der Waals surface area contributed by atoms with Crippen molar-refractivity contribution in [3.8, 4) is 6.07 Å². The molecule has 1 aromatic carbocycles. The molecule has 4 rings (SSSR count). The molecule has 0 spiro atoms. The first-order valence-corrected chi connectivity index (χ1v) is 10.3. The van der Waals surface area contributed by atoms with Crippen LogP contribution in [0.5, 0.6) is 0 Å². The van der Waals surface area contributed by atoms with Gasteiger partial charge in [-0.2, -0.15) is 10.3 Å². The molecular weight excluding hydrogens is 409 g/mol. The minimum Gasteiger partial charge on any atom is -0.309 e. The van der Waals surface area contributed by atoms with Crippen molar-refractivity contribution in [2.24, 2.45) is 4.99 Å². The summed E-state index contributed by atoms with van der Waals surface area (Å²) in [5.74, 6) is -1.50. The van der Waals surface area contributed by atoms with Gasteiger partial charge >= 0.3 is 0 Å². The molecule has 160 valence electrons. The molecule has 32 heavy (non-hydrogen) atoms. The molecule has 0 saturated carbocycles. The number of rotatable bonds is 4. The Bertz CT molecular complexity index is 1540. The van der Waals surface area contributed by atoms with Crippen LogP contribution in [0.4, 0.5) is 4.39 Å². The topological polar surface area (TPSA) is 92.5 Å². The number of halogens is 1. The van der Waals surface area contributed by atoms with Gasteiger partial charge < -0.3 is 4.57 Å². The zero-order valence-corrected chi connectivity index (χ0v) is 17.7. The third-order valence-corrected chi connectivity index (χ3v) is 5.27. The number of pyridine rings is 2. The first-order valence-electron chi connectivity index (χ1n) is 10.3. The summed E-state index contributed by atoms with van der Waals surface area (Å²) in [5.41, 5.74) is 1.21. The summed E-state index contributed by atoms with van der Waals surface area (Å²) in [6.07, 6.45) is 3.16. The lowest BCUT2D eigenvalue weighted by atomic mass is 10.2. The van der Waals surface area contributed by atoms with Gasteiger partial charge in [0.1, 0.15) is 23.2 Å². The van der Waals surface area contributed by atoms with Crippen LogP contribution in [0.1, 0.15) is 41.3 Å². The molecular formula is C24H20FN5O2. The van der Waals surface area contributed by atoms with Gasteiger partial charge in [-0.25, -0.2) is 9.37 Å². The zero-order chi connectivity index (χ0) is 22.8. The van der Waals surface area contributed by atoms with E-state index in [-0.39, 0.29) is 27.6 Å². The number of hydrogen-bond acceptors (Lipinski definition) is 4. The lowest BCUT2D eigenvalue weighted by Gasteiger charge is -2.14. The Labute approximate surface area is 182 Å². The van der Waals surface area contributed by atoms with Crippen LogP contribution in [0.25, 0.3) is 16.7 Å². The van der Waals surface area contributed by atoms with E-state index in [1.54, 1.807) is 22.9 Å². The number of nitriles is 1. The molecule has 4 aromatic rings. The van der Waals surface area contributed by atoms with E-state index in [4.69, 9.17) is 4.98 Å². The highest BCUT2D eigenvalue weighted by molar-refractivity contribution is 5.95. The molecule has 3 heterocycles. The van der Waals surface area contributed by atoms with Crippen LogP contribution in [0.3, 0.4) is 0 Å². The van der Waals surface area contributed by atoms with Crippen molar-refractivity contribution in [3.05, 3.63) is 87.0 Å². The summed E-state index contributed by atoms with van der Waals surface area (Å²) in [5, 5.41) is 10.0. The Morgan fingerprint density at radius 3 is 2.72 bits per heavy atom. The zero-order valence-electron chi connectivity index (χ0n) is 17.7.